The first kappa shape index (κ1) is 23.2. The van der Waals surface area contributed by atoms with Crippen molar-refractivity contribution in [2.24, 2.45) is 10.8 Å². The SMILES string of the molecule is CCOC(=O)C(C)(C)n1cc(C=C2C(=O)N(c3ccc(C(O)O)cc3)N=C2N)c2ccccc21. The third-order valence-electron chi connectivity index (χ3n) is 5.76. The van der Waals surface area contributed by atoms with Crippen LogP contribution >= 0.6 is 0 Å². The minimum atomic E-state index is -1.61. The van der Waals surface area contributed by atoms with Crippen LogP contribution in [0.3, 0.4) is 0 Å². The number of nitrogens with two attached hydrogens (primary N) is 1. The van der Waals surface area contributed by atoms with E-state index in [1.165, 1.54) is 12.1 Å². The predicted octanol–water partition coefficient (Wildman–Crippen LogP) is 2.63. The van der Waals surface area contributed by atoms with Gasteiger partial charge in [0.1, 0.15) is 5.54 Å². The van der Waals surface area contributed by atoms with Gasteiger partial charge in [-0.1, -0.05) is 30.3 Å². The highest BCUT2D eigenvalue weighted by Crippen LogP contribution is 2.32. The van der Waals surface area contributed by atoms with Crippen LogP contribution in [0.5, 0.6) is 0 Å². The van der Waals surface area contributed by atoms with E-state index < -0.39 is 17.7 Å². The van der Waals surface area contributed by atoms with Crippen molar-refractivity contribution in [1.82, 2.24) is 4.57 Å². The van der Waals surface area contributed by atoms with Crippen molar-refractivity contribution in [3.8, 4) is 0 Å². The van der Waals surface area contributed by atoms with Crippen LogP contribution in [0.4, 0.5) is 5.69 Å². The summed E-state index contributed by atoms with van der Waals surface area (Å²) in [7, 11) is 0. The van der Waals surface area contributed by atoms with Gasteiger partial charge < -0.3 is 25.3 Å². The van der Waals surface area contributed by atoms with Crippen LogP contribution in [0.1, 0.15) is 38.2 Å². The summed E-state index contributed by atoms with van der Waals surface area (Å²) in [5.41, 5.74) is 7.58. The first-order valence-corrected chi connectivity index (χ1v) is 10.8. The van der Waals surface area contributed by atoms with E-state index in [0.29, 0.717) is 16.8 Å². The van der Waals surface area contributed by atoms with E-state index in [9.17, 15) is 19.8 Å². The molecule has 176 valence electrons. The lowest BCUT2D eigenvalue weighted by atomic mass is 10.1. The van der Waals surface area contributed by atoms with Crippen molar-refractivity contribution >= 4 is 40.4 Å². The average Bonchev–Trinajstić information content (AvgIpc) is 3.32. The number of hydrazone groups is 1. The third-order valence-corrected chi connectivity index (χ3v) is 5.76. The largest absolute Gasteiger partial charge is 0.464 e. The molecule has 0 aliphatic carbocycles. The number of rotatable bonds is 6. The van der Waals surface area contributed by atoms with Gasteiger partial charge in [0.2, 0.25) is 0 Å². The number of benzene rings is 2. The van der Waals surface area contributed by atoms with Gasteiger partial charge >= 0.3 is 5.97 Å². The number of hydrogen-bond donors (Lipinski definition) is 3. The Hall–Kier alpha value is -3.95. The molecule has 4 N–H and O–H groups in total. The number of aliphatic hydroxyl groups excluding tert-OH is 1. The number of fused-ring (bicyclic) bond motifs is 1. The van der Waals surface area contributed by atoms with Crippen molar-refractivity contribution in [2.75, 3.05) is 11.6 Å². The summed E-state index contributed by atoms with van der Waals surface area (Å²) < 4.78 is 7.10. The summed E-state index contributed by atoms with van der Waals surface area (Å²) >= 11 is 0. The van der Waals surface area contributed by atoms with Crippen LogP contribution < -0.4 is 10.7 Å². The maximum atomic E-state index is 13.2. The van der Waals surface area contributed by atoms with Crippen LogP contribution in [0.2, 0.25) is 0 Å². The molecule has 3 aromatic rings. The standard InChI is InChI=1S/C25H26N4O5/c1-4-34-24(33)25(2,3)28-14-16(18-7-5-6-8-20(18)28)13-19-21(26)27-29(22(19)30)17-11-9-15(10-12-17)23(31)32/h5-14,23,31-32H,4H2,1-3H3,(H2,26,27). The van der Waals surface area contributed by atoms with E-state index in [4.69, 9.17) is 10.5 Å². The molecule has 0 bridgehead atoms. The Morgan fingerprint density at radius 3 is 2.50 bits per heavy atom. The first-order chi connectivity index (χ1) is 16.1. The minimum absolute atomic E-state index is 0.0535. The van der Waals surface area contributed by atoms with Crippen LogP contribution in [-0.2, 0) is 19.9 Å². The normalized spacial score (nSPS) is 15.5. The van der Waals surface area contributed by atoms with E-state index >= 15 is 0 Å². The molecule has 9 heteroatoms. The molecule has 1 aromatic heterocycles. The van der Waals surface area contributed by atoms with E-state index in [2.05, 4.69) is 5.10 Å². The lowest BCUT2D eigenvalue weighted by Crippen LogP contribution is -2.36. The van der Waals surface area contributed by atoms with Gasteiger partial charge in [-0.25, -0.2) is 4.79 Å². The van der Waals surface area contributed by atoms with Gasteiger partial charge in [0, 0.05) is 28.2 Å². The highest BCUT2D eigenvalue weighted by Gasteiger charge is 2.34. The van der Waals surface area contributed by atoms with E-state index in [0.717, 1.165) is 15.9 Å². The number of anilines is 1. The summed E-state index contributed by atoms with van der Waals surface area (Å²) in [6.45, 7) is 5.59. The maximum absolute atomic E-state index is 13.2. The predicted molar refractivity (Wildman–Crippen MR) is 129 cm³/mol. The fourth-order valence-corrected chi connectivity index (χ4v) is 3.87. The minimum Gasteiger partial charge on any atom is -0.464 e. The second-order valence-corrected chi connectivity index (χ2v) is 8.38. The van der Waals surface area contributed by atoms with E-state index in [1.807, 2.05) is 28.8 Å². The zero-order valence-electron chi connectivity index (χ0n) is 19.1. The molecular formula is C25H26N4O5. The Kier molecular flexibility index (Phi) is 5.99. The van der Waals surface area contributed by atoms with Gasteiger partial charge in [0.05, 0.1) is 17.9 Å². The van der Waals surface area contributed by atoms with Gasteiger partial charge in [-0.15, -0.1) is 5.10 Å². The van der Waals surface area contributed by atoms with Crippen molar-refractivity contribution in [3.05, 3.63) is 71.4 Å². The number of esters is 1. The number of nitrogens with zero attached hydrogens (tertiary/aromatic N) is 3. The number of aliphatic hydroxyl groups is 2. The molecule has 0 saturated carbocycles. The number of aromatic nitrogens is 1. The van der Waals surface area contributed by atoms with E-state index in [1.54, 1.807) is 45.2 Å². The number of carbonyl (C=O) groups is 2. The molecule has 0 fully saturated rings. The molecule has 0 radical (unpaired) electrons. The van der Waals surface area contributed by atoms with Crippen LogP contribution in [0.25, 0.3) is 17.0 Å². The number of ether oxygens (including phenoxy) is 1. The highest BCUT2D eigenvalue weighted by molar-refractivity contribution is 6.32. The molecule has 1 aliphatic rings. The Bertz CT molecular complexity index is 1320. The molecule has 4 rings (SSSR count). The quantitative estimate of drug-likeness (QED) is 0.293. The Morgan fingerprint density at radius 1 is 1.18 bits per heavy atom. The monoisotopic (exact) mass is 462 g/mol. The molecule has 2 aromatic carbocycles. The number of amidine groups is 1. The topological polar surface area (TPSA) is 130 Å². The smallest absolute Gasteiger partial charge is 0.331 e. The third kappa shape index (κ3) is 3.95. The molecule has 9 nitrogen and oxygen atoms in total. The van der Waals surface area contributed by atoms with E-state index in [-0.39, 0.29) is 24.0 Å². The highest BCUT2D eigenvalue weighted by atomic mass is 16.5. The van der Waals surface area contributed by atoms with Gasteiger partial charge in [0.25, 0.3) is 5.91 Å². The van der Waals surface area contributed by atoms with Gasteiger partial charge in [-0.05, 0) is 45.0 Å². The van der Waals surface area contributed by atoms with Gasteiger partial charge in [-0.3, -0.25) is 4.79 Å². The summed E-state index contributed by atoms with van der Waals surface area (Å²) in [4.78, 5) is 25.8. The van der Waals surface area contributed by atoms with Crippen LogP contribution in [-0.4, -0.2) is 39.1 Å². The fourth-order valence-electron chi connectivity index (χ4n) is 3.87. The number of amides is 1. The number of para-hydroxylation sites is 1. The Morgan fingerprint density at radius 2 is 1.85 bits per heavy atom. The second-order valence-electron chi connectivity index (χ2n) is 8.38. The number of hydrogen-bond acceptors (Lipinski definition) is 7. The van der Waals surface area contributed by atoms with Gasteiger partial charge in [0.15, 0.2) is 12.1 Å². The Balaban J connectivity index is 1.74. The average molecular weight is 463 g/mol. The molecule has 1 amide bonds. The Labute approximate surface area is 196 Å². The molecule has 34 heavy (non-hydrogen) atoms. The maximum Gasteiger partial charge on any atom is 0.331 e. The zero-order chi connectivity index (χ0) is 24.6. The summed E-state index contributed by atoms with van der Waals surface area (Å²) in [6, 6.07) is 13.7. The zero-order valence-corrected chi connectivity index (χ0v) is 19.1. The first-order valence-electron chi connectivity index (χ1n) is 10.8. The van der Waals surface area contributed by atoms with Crippen molar-refractivity contribution in [2.45, 2.75) is 32.6 Å². The summed E-state index contributed by atoms with van der Waals surface area (Å²) in [6.07, 6.45) is 1.85. The summed E-state index contributed by atoms with van der Waals surface area (Å²) in [5.74, 6) is -0.732. The molecular weight excluding hydrogens is 436 g/mol. The van der Waals surface area contributed by atoms with Crippen molar-refractivity contribution in [1.29, 1.82) is 0 Å². The number of carbonyl (C=O) groups excluding carboxylic acids is 2. The van der Waals surface area contributed by atoms with Gasteiger partial charge in [-0.2, -0.15) is 5.01 Å². The van der Waals surface area contributed by atoms with Crippen molar-refractivity contribution in [3.63, 3.8) is 0 Å². The fraction of sp³-hybridized carbons (Fsp3) is 0.240. The molecule has 0 atom stereocenters. The molecule has 2 heterocycles. The molecule has 0 unspecified atom stereocenters. The molecule has 0 spiro atoms. The van der Waals surface area contributed by atoms with Crippen LogP contribution in [0, 0.1) is 0 Å². The lowest BCUT2D eigenvalue weighted by Gasteiger charge is -2.25. The second kappa shape index (κ2) is 8.77. The molecule has 1 aliphatic heterocycles. The van der Waals surface area contributed by atoms with Crippen LogP contribution in [0.15, 0.2) is 65.4 Å². The lowest BCUT2D eigenvalue weighted by molar-refractivity contribution is -0.152. The van der Waals surface area contributed by atoms with Crippen molar-refractivity contribution < 1.29 is 24.5 Å². The molecule has 0 saturated heterocycles. The summed E-state index contributed by atoms with van der Waals surface area (Å²) in [5, 5.41) is 24.7.